The van der Waals surface area contributed by atoms with Gasteiger partial charge in [-0.1, -0.05) is 0 Å². The number of amides is 1. The molecule has 0 radical (unpaired) electrons. The first-order chi connectivity index (χ1) is 10.3. The van der Waals surface area contributed by atoms with Gasteiger partial charge in [0.25, 0.3) is 10.0 Å². The molecule has 1 amide bonds. The second-order valence-corrected chi connectivity index (χ2v) is 7.06. The van der Waals surface area contributed by atoms with Gasteiger partial charge in [-0.3, -0.25) is 4.98 Å². The first-order valence-corrected chi connectivity index (χ1v) is 8.47. The third-order valence-corrected chi connectivity index (χ3v) is 5.32. The summed E-state index contributed by atoms with van der Waals surface area (Å²) in [6.45, 7) is 1.74. The summed E-state index contributed by atoms with van der Waals surface area (Å²) in [6, 6.07) is 4.69. The molecule has 0 spiro atoms. The highest BCUT2D eigenvalue weighted by molar-refractivity contribution is 9.10. The van der Waals surface area contributed by atoms with E-state index in [1.807, 2.05) is 0 Å². The molecule has 2 aromatic rings. The number of carbonyl (C=O) groups excluding carboxylic acids is 1. The topological polar surface area (TPSA) is 90.3 Å². The van der Waals surface area contributed by atoms with Gasteiger partial charge in [-0.25, -0.2) is 17.2 Å². The number of ether oxygens (including phenoxy) is 1. The molecule has 0 aromatic carbocycles. The van der Waals surface area contributed by atoms with E-state index in [4.69, 9.17) is 4.74 Å². The molecule has 2 rings (SSSR count). The highest BCUT2D eigenvalue weighted by atomic mass is 79.9. The van der Waals surface area contributed by atoms with Gasteiger partial charge in [0, 0.05) is 30.7 Å². The zero-order chi connectivity index (χ0) is 16.3. The van der Waals surface area contributed by atoms with Gasteiger partial charge in [0.1, 0.15) is 16.1 Å². The Kier molecular flexibility index (Phi) is 4.87. The van der Waals surface area contributed by atoms with Crippen molar-refractivity contribution in [2.45, 2.75) is 18.4 Å². The number of hydrogen-bond acceptors (Lipinski definition) is 5. The van der Waals surface area contributed by atoms with Gasteiger partial charge in [0.05, 0.1) is 0 Å². The second-order valence-electron chi connectivity index (χ2n) is 4.43. The normalized spacial score (nSPS) is 11.2. The Morgan fingerprint density at radius 1 is 1.45 bits per heavy atom. The van der Waals surface area contributed by atoms with Crippen LogP contribution in [0.2, 0.25) is 0 Å². The first-order valence-electron chi connectivity index (χ1n) is 6.24. The van der Waals surface area contributed by atoms with E-state index in [2.05, 4.69) is 26.2 Å². The summed E-state index contributed by atoms with van der Waals surface area (Å²) in [7, 11) is -2.32. The largest absolute Gasteiger partial charge is 0.445 e. The second kappa shape index (κ2) is 6.49. The van der Waals surface area contributed by atoms with E-state index in [1.54, 1.807) is 19.1 Å². The molecule has 0 saturated heterocycles. The summed E-state index contributed by atoms with van der Waals surface area (Å²) < 4.78 is 31.4. The van der Waals surface area contributed by atoms with Crippen molar-refractivity contribution in [3.05, 3.63) is 46.5 Å². The number of nitrogens with zero attached hydrogens (tertiary/aromatic N) is 2. The van der Waals surface area contributed by atoms with Gasteiger partial charge in [0.2, 0.25) is 0 Å². The van der Waals surface area contributed by atoms with E-state index in [0.717, 1.165) is 9.67 Å². The molecule has 7 nitrogen and oxygen atoms in total. The van der Waals surface area contributed by atoms with Crippen molar-refractivity contribution in [3.63, 3.8) is 0 Å². The molecule has 0 bridgehead atoms. The van der Waals surface area contributed by atoms with E-state index in [9.17, 15) is 13.2 Å². The van der Waals surface area contributed by atoms with Crippen LogP contribution in [-0.4, -0.2) is 30.5 Å². The highest BCUT2D eigenvalue weighted by Crippen LogP contribution is 2.22. The summed E-state index contributed by atoms with van der Waals surface area (Å²) in [5.74, 6) is 0. The minimum atomic E-state index is -3.76. The zero-order valence-corrected chi connectivity index (χ0v) is 14.3. The van der Waals surface area contributed by atoms with Crippen molar-refractivity contribution in [3.8, 4) is 0 Å². The van der Waals surface area contributed by atoms with Crippen LogP contribution in [0.4, 0.5) is 4.79 Å². The molecule has 0 aliphatic carbocycles. The molecule has 22 heavy (non-hydrogen) atoms. The van der Waals surface area contributed by atoms with Gasteiger partial charge in [0.15, 0.2) is 0 Å². The standard InChI is InChI=1S/C13H14BrN3O4S/c1-9-3-4-11(6-16-9)22(19,20)17-7-10(5-12(17)14)8-21-13(18)15-2/h3-7H,8H2,1-2H3,(H,15,18). The number of pyridine rings is 1. The van der Waals surface area contributed by atoms with Crippen LogP contribution in [0.15, 0.2) is 40.1 Å². The molecule has 1 N–H and O–H groups in total. The van der Waals surface area contributed by atoms with Gasteiger partial charge in [-0.2, -0.15) is 0 Å². The molecule has 2 heterocycles. The maximum Gasteiger partial charge on any atom is 0.407 e. The Bertz CT molecular complexity index is 784. The fourth-order valence-corrected chi connectivity index (χ4v) is 3.85. The lowest BCUT2D eigenvalue weighted by atomic mass is 10.4. The number of nitrogens with one attached hydrogen (secondary N) is 1. The quantitative estimate of drug-likeness (QED) is 0.866. The van der Waals surface area contributed by atoms with Crippen LogP contribution in [0.3, 0.4) is 0 Å². The number of alkyl carbamates (subject to hydrolysis) is 1. The van der Waals surface area contributed by atoms with Crippen LogP contribution in [-0.2, 0) is 21.4 Å². The lowest BCUT2D eigenvalue weighted by molar-refractivity contribution is 0.142. The fraction of sp³-hybridized carbons (Fsp3) is 0.231. The average Bonchev–Trinajstić information content (AvgIpc) is 2.87. The van der Waals surface area contributed by atoms with Gasteiger partial charge in [-0.15, -0.1) is 0 Å². The number of carbonyl (C=O) groups is 1. The van der Waals surface area contributed by atoms with E-state index in [0.29, 0.717) is 10.2 Å². The number of aryl methyl sites for hydroxylation is 1. The fourth-order valence-electron chi connectivity index (χ4n) is 1.67. The van der Waals surface area contributed by atoms with E-state index < -0.39 is 16.1 Å². The molecular weight excluding hydrogens is 374 g/mol. The van der Waals surface area contributed by atoms with Crippen LogP contribution in [0.25, 0.3) is 0 Å². The SMILES string of the molecule is CNC(=O)OCc1cc(Br)n(S(=O)(=O)c2ccc(C)nc2)c1. The molecule has 0 atom stereocenters. The molecule has 9 heteroatoms. The molecule has 0 unspecified atom stereocenters. The van der Waals surface area contributed by atoms with Gasteiger partial charge in [-0.05, 0) is 41.1 Å². The molecule has 0 fully saturated rings. The molecule has 0 aliphatic heterocycles. The summed E-state index contributed by atoms with van der Waals surface area (Å²) in [6.07, 6.45) is 2.11. The lowest BCUT2D eigenvalue weighted by Gasteiger charge is -2.07. The van der Waals surface area contributed by atoms with Crippen LogP contribution in [0.5, 0.6) is 0 Å². The van der Waals surface area contributed by atoms with E-state index in [1.165, 1.54) is 25.5 Å². The third-order valence-electron chi connectivity index (χ3n) is 2.81. The Labute approximate surface area is 136 Å². The Hall–Kier alpha value is -1.87. The van der Waals surface area contributed by atoms with Crippen LogP contribution < -0.4 is 5.32 Å². The first kappa shape index (κ1) is 16.5. The molecule has 2 aromatic heterocycles. The van der Waals surface area contributed by atoms with E-state index >= 15 is 0 Å². The van der Waals surface area contributed by atoms with Crippen molar-refractivity contribution in [1.29, 1.82) is 0 Å². The summed E-state index contributed by atoms with van der Waals surface area (Å²) in [4.78, 5) is 15.1. The number of halogens is 1. The Morgan fingerprint density at radius 3 is 2.77 bits per heavy atom. The monoisotopic (exact) mass is 387 g/mol. The third kappa shape index (κ3) is 3.47. The molecular formula is C13H14BrN3O4S. The minimum absolute atomic E-state index is 0.0348. The Morgan fingerprint density at radius 2 is 2.18 bits per heavy atom. The summed E-state index contributed by atoms with van der Waals surface area (Å²) in [5.41, 5.74) is 1.27. The number of rotatable bonds is 4. The Balaban J connectivity index is 2.30. The number of hydrogen-bond donors (Lipinski definition) is 1. The van der Waals surface area contributed by atoms with Gasteiger partial charge < -0.3 is 10.1 Å². The number of aromatic nitrogens is 2. The van der Waals surface area contributed by atoms with Crippen LogP contribution in [0, 0.1) is 6.92 Å². The van der Waals surface area contributed by atoms with Crippen LogP contribution >= 0.6 is 15.9 Å². The average molecular weight is 388 g/mol. The lowest BCUT2D eigenvalue weighted by Crippen LogP contribution is -2.18. The van der Waals surface area contributed by atoms with Crippen molar-refractivity contribution in [1.82, 2.24) is 14.3 Å². The van der Waals surface area contributed by atoms with Crippen molar-refractivity contribution < 1.29 is 17.9 Å². The molecule has 0 saturated carbocycles. The predicted octanol–water partition coefficient (Wildman–Crippen LogP) is 2.05. The minimum Gasteiger partial charge on any atom is -0.445 e. The summed E-state index contributed by atoms with van der Waals surface area (Å²) >= 11 is 3.20. The molecule has 0 aliphatic rings. The summed E-state index contributed by atoms with van der Waals surface area (Å²) in [5, 5.41) is 2.31. The van der Waals surface area contributed by atoms with Crippen molar-refractivity contribution in [2.24, 2.45) is 0 Å². The van der Waals surface area contributed by atoms with Crippen LogP contribution in [0.1, 0.15) is 11.3 Å². The maximum atomic E-state index is 12.5. The van der Waals surface area contributed by atoms with Crippen molar-refractivity contribution in [2.75, 3.05) is 7.05 Å². The van der Waals surface area contributed by atoms with E-state index in [-0.39, 0.29) is 11.5 Å². The maximum absolute atomic E-state index is 12.5. The van der Waals surface area contributed by atoms with Gasteiger partial charge >= 0.3 is 6.09 Å². The van der Waals surface area contributed by atoms with Crippen molar-refractivity contribution >= 4 is 32.0 Å². The zero-order valence-electron chi connectivity index (χ0n) is 11.9. The smallest absolute Gasteiger partial charge is 0.407 e. The highest BCUT2D eigenvalue weighted by Gasteiger charge is 2.20. The predicted molar refractivity (Wildman–Crippen MR) is 82.9 cm³/mol. The molecule has 118 valence electrons.